The fraction of sp³-hybridized carbons (Fsp3) is 0.250. The topological polar surface area (TPSA) is 43.4 Å². The first-order valence-corrected chi connectivity index (χ1v) is 9.16. The van der Waals surface area contributed by atoms with E-state index in [2.05, 4.69) is 12.2 Å². The lowest BCUT2D eigenvalue weighted by Gasteiger charge is -2.20. The van der Waals surface area contributed by atoms with Crippen molar-refractivity contribution in [2.45, 2.75) is 30.3 Å². The molecular weight excluding hydrogens is 308 g/mol. The molecule has 0 spiro atoms. The monoisotopic (exact) mass is 322 g/mol. The van der Waals surface area contributed by atoms with Gasteiger partial charge in [-0.1, -0.05) is 30.3 Å². The zero-order valence-electron chi connectivity index (χ0n) is 11.3. The highest BCUT2D eigenvalue weighted by Gasteiger charge is 2.18. The number of ether oxygens (including phenoxy) is 1. The van der Waals surface area contributed by atoms with Crippen molar-refractivity contribution in [2.24, 2.45) is 0 Å². The molecule has 1 aliphatic rings. The highest BCUT2D eigenvalue weighted by molar-refractivity contribution is 8.14. The van der Waals surface area contributed by atoms with E-state index in [1.54, 1.807) is 18.2 Å². The molecule has 1 aliphatic carbocycles. The Labute approximate surface area is 128 Å². The summed E-state index contributed by atoms with van der Waals surface area (Å²) in [7, 11) is 1.73. The van der Waals surface area contributed by atoms with Crippen molar-refractivity contribution < 1.29 is 13.2 Å². The average molecular weight is 323 g/mol. The van der Waals surface area contributed by atoms with Crippen LogP contribution in [0.4, 0.5) is 0 Å². The SMILES string of the molecule is O=S(=O)(Cl)c1ccc(OC2C=CCCC2)c2ccccc12. The fourth-order valence-electron chi connectivity index (χ4n) is 2.60. The number of benzene rings is 2. The molecule has 0 heterocycles. The number of halogens is 1. The summed E-state index contributed by atoms with van der Waals surface area (Å²) in [5.74, 6) is 0.686. The van der Waals surface area contributed by atoms with Crippen molar-refractivity contribution in [2.75, 3.05) is 0 Å². The predicted octanol–water partition coefficient (Wildman–Crippen LogP) is 4.25. The Morgan fingerprint density at radius 3 is 2.52 bits per heavy atom. The number of hydrogen-bond acceptors (Lipinski definition) is 3. The normalized spacial score (nSPS) is 18.8. The Morgan fingerprint density at radius 2 is 1.86 bits per heavy atom. The number of rotatable bonds is 3. The van der Waals surface area contributed by atoms with E-state index in [1.807, 2.05) is 12.1 Å². The van der Waals surface area contributed by atoms with E-state index in [9.17, 15) is 8.42 Å². The van der Waals surface area contributed by atoms with E-state index >= 15 is 0 Å². The first-order valence-electron chi connectivity index (χ1n) is 6.85. The molecule has 0 fully saturated rings. The molecule has 0 bridgehead atoms. The van der Waals surface area contributed by atoms with Gasteiger partial charge in [0, 0.05) is 21.5 Å². The molecule has 0 saturated heterocycles. The van der Waals surface area contributed by atoms with Crippen molar-refractivity contribution in [3.8, 4) is 5.75 Å². The van der Waals surface area contributed by atoms with Crippen molar-refractivity contribution in [1.29, 1.82) is 0 Å². The van der Waals surface area contributed by atoms with Crippen LogP contribution in [0.25, 0.3) is 10.8 Å². The van der Waals surface area contributed by atoms with Gasteiger partial charge in [0.2, 0.25) is 0 Å². The van der Waals surface area contributed by atoms with Gasteiger partial charge in [-0.2, -0.15) is 0 Å². The van der Waals surface area contributed by atoms with Crippen molar-refractivity contribution in [1.82, 2.24) is 0 Å². The summed E-state index contributed by atoms with van der Waals surface area (Å²) in [6, 6.07) is 10.4. The second-order valence-corrected chi connectivity index (χ2v) is 7.59. The third-order valence-corrected chi connectivity index (χ3v) is 4.98. The summed E-state index contributed by atoms with van der Waals surface area (Å²) < 4.78 is 29.3. The minimum Gasteiger partial charge on any atom is -0.486 e. The molecule has 0 N–H and O–H groups in total. The molecule has 110 valence electrons. The van der Waals surface area contributed by atoms with E-state index in [0.29, 0.717) is 11.1 Å². The van der Waals surface area contributed by atoms with E-state index in [1.165, 1.54) is 6.07 Å². The largest absolute Gasteiger partial charge is 0.486 e. The van der Waals surface area contributed by atoms with Gasteiger partial charge in [-0.15, -0.1) is 0 Å². The number of hydrogen-bond donors (Lipinski definition) is 0. The molecule has 1 unspecified atom stereocenters. The lowest BCUT2D eigenvalue weighted by Crippen LogP contribution is -2.15. The second-order valence-electron chi connectivity index (χ2n) is 5.06. The van der Waals surface area contributed by atoms with Gasteiger partial charge in [-0.05, 0) is 37.5 Å². The maximum Gasteiger partial charge on any atom is 0.261 e. The van der Waals surface area contributed by atoms with Crippen LogP contribution in [0.3, 0.4) is 0 Å². The van der Waals surface area contributed by atoms with Gasteiger partial charge < -0.3 is 4.74 Å². The van der Waals surface area contributed by atoms with Gasteiger partial charge in [0.1, 0.15) is 11.9 Å². The first-order chi connectivity index (χ1) is 10.1. The molecule has 3 nitrogen and oxygen atoms in total. The maximum absolute atomic E-state index is 11.7. The highest BCUT2D eigenvalue weighted by atomic mass is 35.7. The van der Waals surface area contributed by atoms with E-state index in [-0.39, 0.29) is 11.0 Å². The summed E-state index contributed by atoms with van der Waals surface area (Å²) in [6.07, 6.45) is 7.39. The molecule has 5 heteroatoms. The molecular formula is C16H15ClO3S. The Hall–Kier alpha value is -1.52. The molecule has 2 aromatic carbocycles. The minimum absolute atomic E-state index is 0.0422. The molecule has 0 amide bonds. The molecule has 3 rings (SSSR count). The maximum atomic E-state index is 11.7. The molecule has 0 aromatic heterocycles. The van der Waals surface area contributed by atoms with Crippen LogP contribution in [0.15, 0.2) is 53.4 Å². The zero-order valence-corrected chi connectivity index (χ0v) is 12.9. The van der Waals surface area contributed by atoms with Crippen LogP contribution in [-0.4, -0.2) is 14.5 Å². The quantitative estimate of drug-likeness (QED) is 0.626. The van der Waals surface area contributed by atoms with Crippen LogP contribution in [0, 0.1) is 0 Å². The molecule has 0 radical (unpaired) electrons. The average Bonchev–Trinajstić information content (AvgIpc) is 2.47. The lowest BCUT2D eigenvalue weighted by molar-refractivity contribution is 0.232. The van der Waals surface area contributed by atoms with Crippen LogP contribution in [0.1, 0.15) is 19.3 Å². The van der Waals surface area contributed by atoms with Crippen LogP contribution >= 0.6 is 10.7 Å². The van der Waals surface area contributed by atoms with Gasteiger partial charge >= 0.3 is 0 Å². The molecule has 2 aromatic rings. The van der Waals surface area contributed by atoms with Gasteiger partial charge in [0.15, 0.2) is 0 Å². The Balaban J connectivity index is 2.09. The standard InChI is InChI=1S/C16H15ClO3S/c17-21(18,19)16-11-10-15(13-8-4-5-9-14(13)16)20-12-6-2-1-3-7-12/h2,4-6,8-12H,1,3,7H2. The van der Waals surface area contributed by atoms with Gasteiger partial charge in [0.05, 0.1) is 4.90 Å². The first kappa shape index (κ1) is 14.4. The highest BCUT2D eigenvalue weighted by Crippen LogP contribution is 2.33. The van der Waals surface area contributed by atoms with Crippen LogP contribution in [-0.2, 0) is 9.05 Å². The Bertz CT molecular complexity index is 796. The lowest BCUT2D eigenvalue weighted by atomic mass is 10.0. The summed E-state index contributed by atoms with van der Waals surface area (Å²) in [5.41, 5.74) is 0. The summed E-state index contributed by atoms with van der Waals surface area (Å²) in [5, 5.41) is 1.35. The third kappa shape index (κ3) is 3.06. The van der Waals surface area contributed by atoms with Crippen molar-refractivity contribution >= 4 is 30.5 Å². The predicted molar refractivity (Wildman–Crippen MR) is 84.4 cm³/mol. The summed E-state index contributed by atoms with van der Waals surface area (Å²) in [4.78, 5) is 0.117. The Kier molecular flexibility index (Phi) is 3.91. The molecule has 0 saturated carbocycles. The zero-order chi connectivity index (χ0) is 14.9. The fourth-order valence-corrected chi connectivity index (χ4v) is 3.68. The molecule has 1 atom stereocenters. The van der Waals surface area contributed by atoms with Gasteiger partial charge in [0.25, 0.3) is 9.05 Å². The number of fused-ring (bicyclic) bond motifs is 1. The second kappa shape index (κ2) is 5.70. The van der Waals surface area contributed by atoms with E-state index in [4.69, 9.17) is 15.4 Å². The van der Waals surface area contributed by atoms with E-state index in [0.717, 1.165) is 24.6 Å². The van der Waals surface area contributed by atoms with Crippen molar-refractivity contribution in [3.63, 3.8) is 0 Å². The van der Waals surface area contributed by atoms with E-state index < -0.39 is 9.05 Å². The number of allylic oxidation sites excluding steroid dienone is 1. The smallest absolute Gasteiger partial charge is 0.261 e. The summed E-state index contributed by atoms with van der Waals surface area (Å²) >= 11 is 0. The summed E-state index contributed by atoms with van der Waals surface area (Å²) in [6.45, 7) is 0. The van der Waals surface area contributed by atoms with Crippen LogP contribution in [0.5, 0.6) is 5.75 Å². The van der Waals surface area contributed by atoms with Crippen LogP contribution in [0.2, 0.25) is 0 Å². The van der Waals surface area contributed by atoms with Gasteiger partial charge in [-0.3, -0.25) is 0 Å². The Morgan fingerprint density at radius 1 is 1.10 bits per heavy atom. The third-order valence-electron chi connectivity index (χ3n) is 3.60. The van der Waals surface area contributed by atoms with Crippen molar-refractivity contribution in [3.05, 3.63) is 48.6 Å². The molecule has 0 aliphatic heterocycles. The minimum atomic E-state index is -3.78. The van der Waals surface area contributed by atoms with Crippen LogP contribution < -0.4 is 4.74 Å². The molecule has 21 heavy (non-hydrogen) atoms. The van der Waals surface area contributed by atoms with Gasteiger partial charge in [-0.25, -0.2) is 8.42 Å².